The lowest BCUT2D eigenvalue weighted by Gasteiger charge is -2.22. The minimum atomic E-state index is -1.35. The van der Waals surface area contributed by atoms with Gasteiger partial charge in [-0.2, -0.15) is 0 Å². The molecule has 2 amide bonds. The van der Waals surface area contributed by atoms with E-state index in [1.54, 1.807) is 0 Å². The van der Waals surface area contributed by atoms with Crippen molar-refractivity contribution in [3.05, 3.63) is 11.8 Å². The van der Waals surface area contributed by atoms with Gasteiger partial charge in [0.25, 0.3) is 0 Å². The van der Waals surface area contributed by atoms with Crippen molar-refractivity contribution in [3.63, 3.8) is 0 Å². The number of aromatic nitrogens is 2. The van der Waals surface area contributed by atoms with E-state index in [2.05, 4.69) is 20.8 Å². The van der Waals surface area contributed by atoms with E-state index in [0.29, 0.717) is 25.9 Å². The Kier molecular flexibility index (Phi) is 11.5. The molecule has 0 aromatic carbocycles. The Balaban J connectivity index is 2.80. The first-order chi connectivity index (χ1) is 14.7. The van der Waals surface area contributed by atoms with Crippen molar-refractivity contribution in [3.8, 4) is 0 Å². The molecule has 176 valence electrons. The largest absolute Gasteiger partial charge is 0.481 e. The predicted octanol–water partition coefficient (Wildman–Crippen LogP) is 0.487. The van der Waals surface area contributed by atoms with Crippen molar-refractivity contribution in [2.75, 3.05) is 13.3 Å². The first-order valence-corrected chi connectivity index (χ1v) is 10.1. The van der Waals surface area contributed by atoms with Crippen LogP contribution in [0, 0.1) is 5.92 Å². The summed E-state index contributed by atoms with van der Waals surface area (Å²) >= 11 is 0. The molecule has 0 fully saturated rings. The van der Waals surface area contributed by atoms with Crippen LogP contribution >= 0.6 is 0 Å². The van der Waals surface area contributed by atoms with E-state index in [-0.39, 0.29) is 30.9 Å². The number of ether oxygens (including phenoxy) is 1. The van der Waals surface area contributed by atoms with Gasteiger partial charge in [-0.25, -0.2) is 9.59 Å². The Morgan fingerprint density at radius 2 is 1.84 bits per heavy atom. The normalized spacial score (nSPS) is 15.0. The van der Waals surface area contributed by atoms with E-state index in [9.17, 15) is 19.5 Å². The van der Waals surface area contributed by atoms with Crippen LogP contribution in [0.25, 0.3) is 0 Å². The average molecular weight is 444 g/mol. The van der Waals surface area contributed by atoms with Crippen molar-refractivity contribution in [1.82, 2.24) is 20.8 Å². The molecule has 4 atom stereocenters. The molecule has 1 aromatic heterocycles. The molecular weight excluding hydrogens is 412 g/mol. The van der Waals surface area contributed by atoms with Crippen LogP contribution < -0.4 is 22.1 Å². The molecule has 0 aliphatic heterocycles. The number of nitrogens with zero attached hydrogens (tertiary/aromatic N) is 2. The van der Waals surface area contributed by atoms with E-state index in [1.807, 2.05) is 13.8 Å². The van der Waals surface area contributed by atoms with Gasteiger partial charge in [0.15, 0.2) is 0 Å². The summed E-state index contributed by atoms with van der Waals surface area (Å²) in [6.07, 6.45) is 1.20. The zero-order valence-electron chi connectivity index (χ0n) is 17.7. The Morgan fingerprint density at radius 1 is 1.16 bits per heavy atom. The number of hydrogen-bond acceptors (Lipinski definition) is 9. The van der Waals surface area contributed by atoms with Gasteiger partial charge in [-0.15, -0.1) is 10.2 Å². The molecule has 1 rings (SSSR count). The van der Waals surface area contributed by atoms with Crippen molar-refractivity contribution in [2.45, 2.75) is 64.1 Å². The van der Waals surface area contributed by atoms with Crippen LogP contribution in [0.15, 0.2) is 4.42 Å². The SMILES string of the molecule is CCC(C)[C@H](NC(=O)N[C@@H](CCC(=O)O)C(=O)O)c1nnc([C@@H](N)CCCOCN)o1. The minimum Gasteiger partial charge on any atom is -0.481 e. The standard InChI is InChI=1S/C18H32N6O7/c1-3-10(2)14(22-18(29)21-12(17(27)28)6-7-13(25)26)16-24-23-15(31-16)11(20)5-4-8-30-9-19/h10-12,14H,3-9,19-20H2,1-2H3,(H,25,26)(H,27,28)(H2,21,22,29)/t10?,11-,12-,14-/m0/s1. The van der Waals surface area contributed by atoms with Crippen molar-refractivity contribution in [1.29, 1.82) is 0 Å². The highest BCUT2D eigenvalue weighted by atomic mass is 16.5. The van der Waals surface area contributed by atoms with Crippen LogP contribution in [0.2, 0.25) is 0 Å². The van der Waals surface area contributed by atoms with E-state index in [0.717, 1.165) is 0 Å². The second-order valence-corrected chi connectivity index (χ2v) is 7.11. The second-order valence-electron chi connectivity index (χ2n) is 7.11. The summed E-state index contributed by atoms with van der Waals surface area (Å²) in [5, 5.41) is 30.8. The number of carboxylic acid groups (broad SMARTS) is 2. The number of carbonyl (C=O) groups is 3. The number of rotatable bonds is 15. The summed E-state index contributed by atoms with van der Waals surface area (Å²) in [6.45, 7) is 4.35. The molecule has 1 aromatic rings. The summed E-state index contributed by atoms with van der Waals surface area (Å²) in [7, 11) is 0. The number of nitrogens with two attached hydrogens (primary N) is 2. The van der Waals surface area contributed by atoms with Crippen molar-refractivity contribution < 1.29 is 33.8 Å². The topological polar surface area (TPSA) is 216 Å². The van der Waals surface area contributed by atoms with Crippen molar-refractivity contribution in [2.24, 2.45) is 17.4 Å². The summed E-state index contributed by atoms with van der Waals surface area (Å²) < 4.78 is 10.7. The van der Waals surface area contributed by atoms with E-state index in [1.165, 1.54) is 0 Å². The number of urea groups is 1. The summed E-state index contributed by atoms with van der Waals surface area (Å²) in [4.78, 5) is 34.4. The van der Waals surface area contributed by atoms with Gasteiger partial charge in [0.05, 0.1) is 12.8 Å². The van der Waals surface area contributed by atoms with Crippen LogP contribution in [-0.4, -0.2) is 57.8 Å². The van der Waals surface area contributed by atoms with E-state index >= 15 is 0 Å². The lowest BCUT2D eigenvalue weighted by Crippen LogP contribution is -2.48. The van der Waals surface area contributed by atoms with E-state index in [4.69, 9.17) is 25.7 Å². The zero-order valence-corrected chi connectivity index (χ0v) is 17.7. The van der Waals surface area contributed by atoms with Gasteiger partial charge in [0, 0.05) is 13.0 Å². The second kappa shape index (κ2) is 13.5. The van der Waals surface area contributed by atoms with Crippen molar-refractivity contribution >= 4 is 18.0 Å². The van der Waals surface area contributed by atoms with Gasteiger partial charge in [-0.3, -0.25) is 4.79 Å². The molecular formula is C18H32N6O7. The van der Waals surface area contributed by atoms with E-state index < -0.39 is 42.5 Å². The summed E-state index contributed by atoms with van der Waals surface area (Å²) in [5.74, 6) is -2.25. The van der Waals surface area contributed by atoms with Crippen LogP contribution in [0.1, 0.15) is 69.8 Å². The molecule has 0 saturated carbocycles. The predicted molar refractivity (Wildman–Crippen MR) is 108 cm³/mol. The molecule has 0 spiro atoms. The average Bonchev–Trinajstić information content (AvgIpc) is 3.21. The van der Waals surface area contributed by atoms with Crippen LogP contribution in [0.5, 0.6) is 0 Å². The molecule has 31 heavy (non-hydrogen) atoms. The number of amides is 2. The fraction of sp³-hybridized carbons (Fsp3) is 0.722. The highest BCUT2D eigenvalue weighted by Gasteiger charge is 2.29. The number of aliphatic carboxylic acids is 2. The Hall–Kier alpha value is -2.77. The summed E-state index contributed by atoms with van der Waals surface area (Å²) in [5.41, 5.74) is 11.3. The number of nitrogens with one attached hydrogen (secondary N) is 2. The number of carbonyl (C=O) groups excluding carboxylic acids is 1. The third-order valence-electron chi connectivity index (χ3n) is 4.71. The van der Waals surface area contributed by atoms with Crippen LogP contribution in [-0.2, 0) is 14.3 Å². The number of carboxylic acids is 2. The first kappa shape index (κ1) is 26.3. The third-order valence-corrected chi connectivity index (χ3v) is 4.71. The number of hydrogen-bond donors (Lipinski definition) is 6. The third kappa shape index (κ3) is 9.27. The van der Waals surface area contributed by atoms with Gasteiger partial charge in [-0.05, 0) is 25.2 Å². The highest BCUT2D eigenvalue weighted by Crippen LogP contribution is 2.25. The molecule has 0 saturated heterocycles. The molecule has 8 N–H and O–H groups in total. The lowest BCUT2D eigenvalue weighted by molar-refractivity contribution is -0.140. The molecule has 0 aliphatic carbocycles. The smallest absolute Gasteiger partial charge is 0.326 e. The quantitative estimate of drug-likeness (QED) is 0.161. The van der Waals surface area contributed by atoms with Gasteiger partial charge in [-0.1, -0.05) is 20.3 Å². The molecule has 13 heteroatoms. The fourth-order valence-corrected chi connectivity index (χ4v) is 2.68. The summed E-state index contributed by atoms with van der Waals surface area (Å²) in [6, 6.07) is -3.34. The van der Waals surface area contributed by atoms with Gasteiger partial charge in [0.2, 0.25) is 11.8 Å². The van der Waals surface area contributed by atoms with Gasteiger partial charge >= 0.3 is 18.0 Å². The maximum atomic E-state index is 12.4. The van der Waals surface area contributed by atoms with Crippen LogP contribution in [0.4, 0.5) is 4.79 Å². The molecule has 1 unspecified atom stereocenters. The molecule has 0 radical (unpaired) electrons. The van der Waals surface area contributed by atoms with Crippen LogP contribution in [0.3, 0.4) is 0 Å². The van der Waals surface area contributed by atoms with Gasteiger partial charge < -0.3 is 41.5 Å². The zero-order chi connectivity index (χ0) is 23.4. The Morgan fingerprint density at radius 3 is 2.42 bits per heavy atom. The molecule has 0 bridgehead atoms. The molecule has 13 nitrogen and oxygen atoms in total. The fourth-order valence-electron chi connectivity index (χ4n) is 2.68. The molecule has 1 heterocycles. The minimum absolute atomic E-state index is 0.115. The Labute approximate surface area is 179 Å². The Bertz CT molecular complexity index is 713. The lowest BCUT2D eigenvalue weighted by atomic mass is 9.99. The highest BCUT2D eigenvalue weighted by molar-refractivity contribution is 5.83. The molecule has 0 aliphatic rings. The maximum absolute atomic E-state index is 12.4. The monoisotopic (exact) mass is 444 g/mol. The van der Waals surface area contributed by atoms with Gasteiger partial charge in [0.1, 0.15) is 12.1 Å². The maximum Gasteiger partial charge on any atom is 0.326 e. The first-order valence-electron chi connectivity index (χ1n) is 10.1.